The highest BCUT2D eigenvalue weighted by atomic mass is 35.5. The number of aryl methyl sites for hydroxylation is 1. The molecule has 0 amide bonds. The summed E-state index contributed by atoms with van der Waals surface area (Å²) >= 11 is 12.1. The number of hydrogen-bond donors (Lipinski definition) is 0. The summed E-state index contributed by atoms with van der Waals surface area (Å²) in [5.41, 5.74) is 2.68. The summed E-state index contributed by atoms with van der Waals surface area (Å²) in [7, 11) is 0. The summed E-state index contributed by atoms with van der Waals surface area (Å²) < 4.78 is 32.4. The van der Waals surface area contributed by atoms with Crippen molar-refractivity contribution in [3.63, 3.8) is 0 Å². The Morgan fingerprint density at radius 2 is 1.79 bits per heavy atom. The van der Waals surface area contributed by atoms with Crippen molar-refractivity contribution in [1.82, 2.24) is 30.0 Å². The highest BCUT2D eigenvalue weighted by Crippen LogP contribution is 2.33. The SMILES string of the molecule is Cc1cn(-c2ccc(Cl)c(F)c2Cc2cc(Cl)c(F)c(C)c2-n2ccnn2)nn1. The molecule has 0 radical (unpaired) electrons. The van der Waals surface area contributed by atoms with E-state index in [9.17, 15) is 4.39 Å². The van der Waals surface area contributed by atoms with Gasteiger partial charge in [-0.1, -0.05) is 33.6 Å². The largest absolute Gasteiger partial charge is 0.220 e. The van der Waals surface area contributed by atoms with Gasteiger partial charge in [0.25, 0.3) is 0 Å². The predicted octanol–water partition coefficient (Wildman–Crippen LogP) is 4.64. The van der Waals surface area contributed by atoms with E-state index in [0.29, 0.717) is 22.6 Å². The fourth-order valence-corrected chi connectivity index (χ4v) is 3.66. The Labute approximate surface area is 174 Å². The zero-order chi connectivity index (χ0) is 20.7. The number of nitrogens with zero attached hydrogens (tertiary/aromatic N) is 6. The Balaban J connectivity index is 1.93. The van der Waals surface area contributed by atoms with Crippen molar-refractivity contribution in [2.45, 2.75) is 20.3 Å². The first-order chi connectivity index (χ1) is 13.9. The van der Waals surface area contributed by atoms with E-state index in [1.165, 1.54) is 27.7 Å². The second-order valence-corrected chi connectivity index (χ2v) is 7.31. The van der Waals surface area contributed by atoms with Gasteiger partial charge in [0.15, 0.2) is 0 Å². The van der Waals surface area contributed by atoms with Crippen molar-refractivity contribution in [2.75, 3.05) is 0 Å². The molecule has 0 spiro atoms. The maximum atomic E-state index is 15.1. The molecule has 29 heavy (non-hydrogen) atoms. The smallest absolute Gasteiger partial charge is 0.147 e. The lowest BCUT2D eigenvalue weighted by Crippen LogP contribution is -2.10. The number of halogens is 4. The molecule has 10 heteroatoms. The minimum atomic E-state index is -0.597. The van der Waals surface area contributed by atoms with Gasteiger partial charge in [-0.25, -0.2) is 18.1 Å². The van der Waals surface area contributed by atoms with E-state index in [-0.39, 0.29) is 27.6 Å². The van der Waals surface area contributed by atoms with Crippen LogP contribution in [-0.2, 0) is 6.42 Å². The molecule has 148 valence electrons. The van der Waals surface area contributed by atoms with E-state index >= 15 is 4.39 Å². The maximum absolute atomic E-state index is 15.1. The highest BCUT2D eigenvalue weighted by Gasteiger charge is 2.21. The predicted molar refractivity (Wildman–Crippen MR) is 105 cm³/mol. The van der Waals surface area contributed by atoms with Crippen molar-refractivity contribution >= 4 is 23.2 Å². The van der Waals surface area contributed by atoms with Gasteiger partial charge in [-0.3, -0.25) is 0 Å². The molecule has 0 bridgehead atoms. The Bertz CT molecular complexity index is 1200. The van der Waals surface area contributed by atoms with Crippen LogP contribution < -0.4 is 0 Å². The van der Waals surface area contributed by atoms with E-state index in [0.717, 1.165) is 0 Å². The Morgan fingerprint density at radius 3 is 2.45 bits per heavy atom. The molecule has 0 atom stereocenters. The lowest BCUT2D eigenvalue weighted by atomic mass is 9.98. The number of hydrogen-bond acceptors (Lipinski definition) is 4. The molecule has 0 aliphatic rings. The Hall–Kier alpha value is -2.84. The van der Waals surface area contributed by atoms with Crippen LogP contribution in [0.15, 0.2) is 36.8 Å². The molecule has 4 aromatic rings. The van der Waals surface area contributed by atoms with Crippen molar-refractivity contribution in [3.8, 4) is 11.4 Å². The fraction of sp³-hybridized carbons (Fsp3) is 0.158. The quantitative estimate of drug-likeness (QED) is 0.469. The van der Waals surface area contributed by atoms with Crippen molar-refractivity contribution in [3.05, 3.63) is 80.9 Å². The standard InChI is InChI=1S/C19H14Cl2F2N6/c1-10-9-29(27-25-10)16-4-3-14(20)18(23)13(16)7-12-8-15(21)17(22)11(2)19(12)28-6-5-24-26-28/h3-6,8-9H,7H2,1-2H3. The minimum absolute atomic E-state index is 0.0344. The molecule has 6 nitrogen and oxygen atoms in total. The molecule has 2 aromatic carbocycles. The minimum Gasteiger partial charge on any atom is -0.220 e. The monoisotopic (exact) mass is 434 g/mol. The molecule has 2 aromatic heterocycles. The van der Waals surface area contributed by atoms with Crippen LogP contribution in [0.5, 0.6) is 0 Å². The van der Waals surface area contributed by atoms with Gasteiger partial charge in [-0.15, -0.1) is 10.2 Å². The molecule has 2 heterocycles. The third-order valence-corrected chi connectivity index (χ3v) is 5.11. The van der Waals surface area contributed by atoms with Crippen LogP contribution in [0.25, 0.3) is 11.4 Å². The lowest BCUT2D eigenvalue weighted by Gasteiger charge is -2.17. The third-order valence-electron chi connectivity index (χ3n) is 4.54. The van der Waals surface area contributed by atoms with Gasteiger partial charge in [-0.05, 0) is 37.6 Å². The first-order valence-corrected chi connectivity index (χ1v) is 9.32. The first-order valence-electron chi connectivity index (χ1n) is 8.57. The van der Waals surface area contributed by atoms with E-state index in [1.54, 1.807) is 32.3 Å². The summed E-state index contributed by atoms with van der Waals surface area (Å²) in [4.78, 5) is 0. The first kappa shape index (κ1) is 19.5. The number of rotatable bonds is 4. The normalized spacial score (nSPS) is 11.2. The zero-order valence-corrected chi connectivity index (χ0v) is 16.9. The van der Waals surface area contributed by atoms with Crippen LogP contribution in [-0.4, -0.2) is 30.0 Å². The summed E-state index contributed by atoms with van der Waals surface area (Å²) in [6, 6.07) is 4.56. The summed E-state index contributed by atoms with van der Waals surface area (Å²) in [5.74, 6) is -1.17. The van der Waals surface area contributed by atoms with Gasteiger partial charge in [0.05, 0.1) is 45.7 Å². The fourth-order valence-electron chi connectivity index (χ4n) is 3.21. The van der Waals surface area contributed by atoms with Gasteiger partial charge in [0, 0.05) is 17.5 Å². The van der Waals surface area contributed by atoms with Gasteiger partial charge >= 0.3 is 0 Å². The number of benzene rings is 2. The van der Waals surface area contributed by atoms with Crippen LogP contribution in [0, 0.1) is 25.5 Å². The van der Waals surface area contributed by atoms with Gasteiger partial charge < -0.3 is 0 Å². The number of aromatic nitrogens is 6. The third kappa shape index (κ3) is 3.49. The maximum Gasteiger partial charge on any atom is 0.147 e. The van der Waals surface area contributed by atoms with E-state index in [4.69, 9.17) is 23.2 Å². The molecule has 0 fully saturated rings. The van der Waals surface area contributed by atoms with Crippen molar-refractivity contribution in [2.24, 2.45) is 0 Å². The average Bonchev–Trinajstić information content (AvgIpc) is 3.36. The average molecular weight is 435 g/mol. The molecular formula is C19H14Cl2F2N6. The molecule has 0 aliphatic carbocycles. The Kier molecular flexibility index (Phi) is 5.06. The van der Waals surface area contributed by atoms with Gasteiger partial charge in [0.2, 0.25) is 0 Å². The highest BCUT2D eigenvalue weighted by molar-refractivity contribution is 6.31. The van der Waals surface area contributed by atoms with Gasteiger partial charge in [-0.2, -0.15) is 0 Å². The van der Waals surface area contributed by atoms with Gasteiger partial charge in [0.1, 0.15) is 11.6 Å². The van der Waals surface area contributed by atoms with Crippen molar-refractivity contribution < 1.29 is 8.78 Å². The molecule has 0 saturated carbocycles. The molecule has 0 saturated heterocycles. The van der Waals surface area contributed by atoms with Crippen LogP contribution in [0.4, 0.5) is 8.78 Å². The molecule has 0 aliphatic heterocycles. The molecule has 0 N–H and O–H groups in total. The summed E-state index contributed by atoms with van der Waals surface area (Å²) in [6.45, 7) is 3.36. The molecule has 4 rings (SSSR count). The van der Waals surface area contributed by atoms with E-state index < -0.39 is 11.6 Å². The molecular weight excluding hydrogens is 421 g/mol. The van der Waals surface area contributed by atoms with Crippen LogP contribution in [0.2, 0.25) is 10.0 Å². The van der Waals surface area contributed by atoms with Crippen LogP contribution in [0.3, 0.4) is 0 Å². The van der Waals surface area contributed by atoms with Crippen LogP contribution in [0.1, 0.15) is 22.4 Å². The van der Waals surface area contributed by atoms with E-state index in [2.05, 4.69) is 20.6 Å². The van der Waals surface area contributed by atoms with Crippen LogP contribution >= 0.6 is 23.2 Å². The molecule has 0 unspecified atom stereocenters. The lowest BCUT2D eigenvalue weighted by molar-refractivity contribution is 0.606. The van der Waals surface area contributed by atoms with Crippen molar-refractivity contribution in [1.29, 1.82) is 0 Å². The van der Waals surface area contributed by atoms with E-state index in [1.807, 2.05) is 0 Å². The second-order valence-electron chi connectivity index (χ2n) is 6.49. The topological polar surface area (TPSA) is 61.4 Å². The summed E-state index contributed by atoms with van der Waals surface area (Å²) in [5, 5.41) is 15.6. The second kappa shape index (κ2) is 7.53. The Morgan fingerprint density at radius 1 is 1.00 bits per heavy atom. The summed E-state index contributed by atoms with van der Waals surface area (Å²) in [6.07, 6.45) is 4.79. The zero-order valence-electron chi connectivity index (χ0n) is 15.4.